The van der Waals surface area contributed by atoms with E-state index in [1.807, 2.05) is 12.1 Å². The van der Waals surface area contributed by atoms with Crippen molar-refractivity contribution in [3.8, 4) is 5.19 Å². The van der Waals surface area contributed by atoms with Gasteiger partial charge in [-0.05, 0) is 24.6 Å². The number of rotatable bonds is 1. The number of hydrogen-bond acceptors (Lipinski definition) is 3. The largest absolute Gasteiger partial charge is 0.466 e. The summed E-state index contributed by atoms with van der Waals surface area (Å²) in [7, 11) is 3.32. The highest BCUT2D eigenvalue weighted by atomic mass is 32.1. The SMILES string of the molecule is [CH2]Oc1nc2ccc(C)cc2s1. The number of thiazole rings is 1. The van der Waals surface area contributed by atoms with Crippen molar-refractivity contribution in [3.63, 3.8) is 0 Å². The fourth-order valence-electron chi connectivity index (χ4n) is 1.07. The summed E-state index contributed by atoms with van der Waals surface area (Å²) in [5.41, 5.74) is 2.21. The van der Waals surface area contributed by atoms with Gasteiger partial charge in [0.1, 0.15) is 7.11 Å². The van der Waals surface area contributed by atoms with Crippen molar-refractivity contribution in [3.05, 3.63) is 30.9 Å². The Morgan fingerprint density at radius 1 is 1.50 bits per heavy atom. The average molecular weight is 178 g/mol. The third kappa shape index (κ3) is 1.16. The molecule has 0 aliphatic rings. The van der Waals surface area contributed by atoms with E-state index in [1.54, 1.807) is 0 Å². The fourth-order valence-corrected chi connectivity index (χ4v) is 1.93. The first-order valence-corrected chi connectivity index (χ1v) is 4.40. The first-order chi connectivity index (χ1) is 5.79. The molecule has 0 saturated carbocycles. The molecule has 0 N–H and O–H groups in total. The molecule has 2 nitrogen and oxygen atoms in total. The van der Waals surface area contributed by atoms with E-state index in [0.29, 0.717) is 5.19 Å². The molecule has 1 heterocycles. The molecule has 1 aromatic heterocycles. The monoisotopic (exact) mass is 178 g/mol. The number of aryl methyl sites for hydroxylation is 1. The lowest BCUT2D eigenvalue weighted by atomic mass is 10.2. The summed E-state index contributed by atoms with van der Waals surface area (Å²) < 4.78 is 5.94. The molecule has 0 aliphatic heterocycles. The van der Waals surface area contributed by atoms with Gasteiger partial charge in [0, 0.05) is 0 Å². The van der Waals surface area contributed by atoms with Crippen LogP contribution < -0.4 is 4.74 Å². The smallest absolute Gasteiger partial charge is 0.274 e. The zero-order valence-electron chi connectivity index (χ0n) is 6.70. The topological polar surface area (TPSA) is 22.1 Å². The van der Waals surface area contributed by atoms with Crippen molar-refractivity contribution in [2.45, 2.75) is 6.92 Å². The van der Waals surface area contributed by atoms with E-state index >= 15 is 0 Å². The summed E-state index contributed by atoms with van der Waals surface area (Å²) in [5.74, 6) is 0. The Hall–Kier alpha value is -1.09. The highest BCUT2D eigenvalue weighted by Gasteiger charge is 2.02. The lowest BCUT2D eigenvalue weighted by Crippen LogP contribution is -1.74. The summed E-state index contributed by atoms with van der Waals surface area (Å²) in [6, 6.07) is 6.12. The van der Waals surface area contributed by atoms with Gasteiger partial charge >= 0.3 is 0 Å². The highest BCUT2D eigenvalue weighted by Crippen LogP contribution is 2.27. The summed E-state index contributed by atoms with van der Waals surface area (Å²) in [4.78, 5) is 4.21. The van der Waals surface area contributed by atoms with E-state index < -0.39 is 0 Å². The van der Waals surface area contributed by atoms with E-state index in [9.17, 15) is 0 Å². The van der Waals surface area contributed by atoms with Gasteiger partial charge in [0.25, 0.3) is 5.19 Å². The van der Waals surface area contributed by atoms with E-state index in [0.717, 1.165) is 10.2 Å². The van der Waals surface area contributed by atoms with Crippen LogP contribution in [-0.2, 0) is 0 Å². The van der Waals surface area contributed by atoms with Gasteiger partial charge in [0.2, 0.25) is 0 Å². The van der Waals surface area contributed by atoms with Crippen LogP contribution in [0.25, 0.3) is 10.2 Å². The molecular weight excluding hydrogens is 170 g/mol. The predicted octanol–water partition coefficient (Wildman–Crippen LogP) is 2.78. The predicted molar refractivity (Wildman–Crippen MR) is 50.3 cm³/mol. The second-order valence-corrected chi connectivity index (χ2v) is 3.59. The number of fused-ring (bicyclic) bond motifs is 1. The van der Waals surface area contributed by atoms with Crippen molar-refractivity contribution in [1.82, 2.24) is 4.98 Å². The van der Waals surface area contributed by atoms with Crippen molar-refractivity contribution >= 4 is 21.6 Å². The number of hydrogen-bond donors (Lipinski definition) is 0. The van der Waals surface area contributed by atoms with Crippen LogP contribution in [-0.4, -0.2) is 4.98 Å². The zero-order valence-corrected chi connectivity index (χ0v) is 7.52. The zero-order chi connectivity index (χ0) is 8.55. The van der Waals surface area contributed by atoms with Gasteiger partial charge in [-0.25, -0.2) is 4.98 Å². The molecule has 61 valence electrons. The molecule has 0 bridgehead atoms. The Morgan fingerprint density at radius 3 is 3.08 bits per heavy atom. The van der Waals surface area contributed by atoms with Crippen LogP contribution in [0.4, 0.5) is 0 Å². The van der Waals surface area contributed by atoms with Gasteiger partial charge in [0.15, 0.2) is 0 Å². The standard InChI is InChI=1S/C9H8NOS/c1-6-3-4-7-8(5-6)12-9(10-7)11-2/h3-5H,2H2,1H3. The number of aromatic nitrogens is 1. The van der Waals surface area contributed by atoms with E-state index in [1.165, 1.54) is 16.9 Å². The van der Waals surface area contributed by atoms with Gasteiger partial charge in [-0.1, -0.05) is 17.4 Å². The molecule has 0 atom stereocenters. The molecule has 0 unspecified atom stereocenters. The van der Waals surface area contributed by atoms with Crippen LogP contribution in [0.5, 0.6) is 5.19 Å². The van der Waals surface area contributed by atoms with Gasteiger partial charge in [-0.15, -0.1) is 0 Å². The van der Waals surface area contributed by atoms with Crippen LogP contribution in [0.15, 0.2) is 18.2 Å². The first kappa shape index (κ1) is 7.55. The Balaban J connectivity index is 2.67. The van der Waals surface area contributed by atoms with Gasteiger partial charge in [0.05, 0.1) is 10.2 Å². The van der Waals surface area contributed by atoms with Crippen LogP contribution in [0.1, 0.15) is 5.56 Å². The molecule has 0 spiro atoms. The minimum Gasteiger partial charge on any atom is -0.466 e. The maximum Gasteiger partial charge on any atom is 0.274 e. The molecule has 1 aromatic carbocycles. The number of nitrogens with zero attached hydrogens (tertiary/aromatic N) is 1. The Kier molecular flexibility index (Phi) is 1.73. The maximum atomic E-state index is 4.80. The Labute approximate surface area is 74.8 Å². The van der Waals surface area contributed by atoms with Crippen molar-refractivity contribution in [2.75, 3.05) is 0 Å². The van der Waals surface area contributed by atoms with Crippen molar-refractivity contribution in [1.29, 1.82) is 0 Å². The fraction of sp³-hybridized carbons (Fsp3) is 0.111. The molecule has 2 rings (SSSR count). The Morgan fingerprint density at radius 2 is 2.33 bits per heavy atom. The van der Waals surface area contributed by atoms with Crippen molar-refractivity contribution < 1.29 is 4.74 Å². The first-order valence-electron chi connectivity index (χ1n) is 3.59. The minimum absolute atomic E-state index is 0.621. The molecule has 2 aromatic rings. The minimum atomic E-state index is 0.621. The average Bonchev–Trinajstić information content (AvgIpc) is 2.46. The molecular formula is C9H8NOS. The van der Waals surface area contributed by atoms with Gasteiger partial charge < -0.3 is 4.74 Å². The maximum absolute atomic E-state index is 4.80. The van der Waals surface area contributed by atoms with Crippen LogP contribution in [0, 0.1) is 14.0 Å². The molecule has 0 amide bonds. The van der Waals surface area contributed by atoms with Crippen molar-refractivity contribution in [2.24, 2.45) is 0 Å². The van der Waals surface area contributed by atoms with Crippen LogP contribution >= 0.6 is 11.3 Å². The summed E-state index contributed by atoms with van der Waals surface area (Å²) in [5, 5.41) is 0.621. The van der Waals surface area contributed by atoms with E-state index in [4.69, 9.17) is 4.74 Å². The van der Waals surface area contributed by atoms with Gasteiger partial charge in [-0.3, -0.25) is 0 Å². The molecule has 0 aliphatic carbocycles. The second-order valence-electron chi connectivity index (χ2n) is 2.60. The third-order valence-electron chi connectivity index (χ3n) is 1.65. The Bertz CT molecular complexity index is 408. The summed E-state index contributed by atoms with van der Waals surface area (Å²) >= 11 is 1.52. The van der Waals surface area contributed by atoms with Crippen LogP contribution in [0.2, 0.25) is 0 Å². The number of benzene rings is 1. The summed E-state index contributed by atoms with van der Waals surface area (Å²) in [6.07, 6.45) is 0. The quantitative estimate of drug-likeness (QED) is 0.669. The van der Waals surface area contributed by atoms with Crippen LogP contribution in [0.3, 0.4) is 0 Å². The molecule has 3 heteroatoms. The lowest BCUT2D eigenvalue weighted by Gasteiger charge is -1.88. The molecule has 1 radical (unpaired) electrons. The second kappa shape index (κ2) is 2.75. The summed E-state index contributed by atoms with van der Waals surface area (Å²) in [6.45, 7) is 2.06. The number of ether oxygens (including phenoxy) is 1. The van der Waals surface area contributed by atoms with E-state index in [2.05, 4.69) is 25.1 Å². The highest BCUT2D eigenvalue weighted by molar-refractivity contribution is 7.20. The normalized spacial score (nSPS) is 10.5. The molecule has 0 fully saturated rings. The molecule has 0 saturated heterocycles. The van der Waals surface area contributed by atoms with Gasteiger partial charge in [-0.2, -0.15) is 0 Å². The third-order valence-corrected chi connectivity index (χ3v) is 2.58. The van der Waals surface area contributed by atoms with E-state index in [-0.39, 0.29) is 0 Å². The molecule has 12 heavy (non-hydrogen) atoms. The lowest BCUT2D eigenvalue weighted by molar-refractivity contribution is 0.470.